The largest absolute Gasteiger partial charge is 0.329 e. The van der Waals surface area contributed by atoms with Crippen molar-refractivity contribution in [3.05, 3.63) is 35.9 Å². The van der Waals surface area contributed by atoms with Crippen molar-refractivity contribution in [1.82, 2.24) is 4.90 Å². The van der Waals surface area contributed by atoms with Crippen molar-refractivity contribution >= 4 is 0 Å². The lowest BCUT2D eigenvalue weighted by atomic mass is 9.98. The van der Waals surface area contributed by atoms with Gasteiger partial charge in [0.1, 0.15) is 0 Å². The summed E-state index contributed by atoms with van der Waals surface area (Å²) < 4.78 is 0. The average Bonchev–Trinajstić information content (AvgIpc) is 2.36. The van der Waals surface area contributed by atoms with Gasteiger partial charge in [0.15, 0.2) is 0 Å². The van der Waals surface area contributed by atoms with Gasteiger partial charge >= 0.3 is 0 Å². The quantitative estimate of drug-likeness (QED) is 0.786. The molecule has 0 spiro atoms. The van der Waals surface area contributed by atoms with Crippen molar-refractivity contribution in [2.45, 2.75) is 39.3 Å². The van der Waals surface area contributed by atoms with Crippen LogP contribution in [0.25, 0.3) is 0 Å². The molecule has 2 unspecified atom stereocenters. The first kappa shape index (κ1) is 14.2. The Labute approximate surface area is 106 Å². The molecule has 17 heavy (non-hydrogen) atoms. The first-order valence-corrected chi connectivity index (χ1v) is 6.61. The van der Waals surface area contributed by atoms with Crippen LogP contribution in [0.4, 0.5) is 0 Å². The minimum atomic E-state index is 0.491. The molecule has 0 fully saturated rings. The van der Waals surface area contributed by atoms with Crippen molar-refractivity contribution in [2.75, 3.05) is 13.6 Å². The van der Waals surface area contributed by atoms with Crippen molar-refractivity contribution < 1.29 is 0 Å². The zero-order valence-electron chi connectivity index (χ0n) is 11.4. The van der Waals surface area contributed by atoms with Gasteiger partial charge in [-0.1, -0.05) is 50.6 Å². The van der Waals surface area contributed by atoms with Gasteiger partial charge in [0, 0.05) is 19.1 Å². The molecular weight excluding hydrogens is 208 g/mol. The maximum atomic E-state index is 5.89. The van der Waals surface area contributed by atoms with Crippen LogP contribution in [0, 0.1) is 5.92 Å². The third-order valence-electron chi connectivity index (χ3n) is 3.54. The van der Waals surface area contributed by atoms with Crippen LogP contribution in [0.15, 0.2) is 30.3 Å². The van der Waals surface area contributed by atoms with Gasteiger partial charge in [0.2, 0.25) is 0 Å². The van der Waals surface area contributed by atoms with E-state index in [9.17, 15) is 0 Å². The van der Waals surface area contributed by atoms with E-state index in [1.54, 1.807) is 0 Å². The fraction of sp³-hybridized carbons (Fsp3) is 0.600. The van der Waals surface area contributed by atoms with Gasteiger partial charge in [-0.25, -0.2) is 0 Å². The van der Waals surface area contributed by atoms with E-state index in [1.165, 1.54) is 18.4 Å². The Hall–Kier alpha value is -0.860. The fourth-order valence-corrected chi connectivity index (χ4v) is 2.09. The molecule has 0 aliphatic rings. The van der Waals surface area contributed by atoms with Gasteiger partial charge in [-0.05, 0) is 24.9 Å². The number of rotatable bonds is 7. The number of benzene rings is 1. The summed E-state index contributed by atoms with van der Waals surface area (Å²) in [6.45, 7) is 6.28. The number of hydrogen-bond acceptors (Lipinski definition) is 2. The molecule has 1 aromatic carbocycles. The van der Waals surface area contributed by atoms with Crippen LogP contribution in [0.3, 0.4) is 0 Å². The molecule has 0 bridgehead atoms. The second-order valence-electron chi connectivity index (χ2n) is 5.04. The van der Waals surface area contributed by atoms with Gasteiger partial charge in [-0.15, -0.1) is 0 Å². The zero-order chi connectivity index (χ0) is 12.7. The molecule has 0 amide bonds. The Bertz CT molecular complexity index is 297. The first-order valence-electron chi connectivity index (χ1n) is 6.61. The Balaban J connectivity index is 2.51. The van der Waals surface area contributed by atoms with E-state index >= 15 is 0 Å². The second kappa shape index (κ2) is 7.46. The summed E-state index contributed by atoms with van der Waals surface area (Å²) in [5.41, 5.74) is 7.25. The van der Waals surface area contributed by atoms with Crippen LogP contribution in [0.5, 0.6) is 0 Å². The number of hydrogen-bond donors (Lipinski definition) is 1. The third-order valence-corrected chi connectivity index (χ3v) is 3.54. The monoisotopic (exact) mass is 234 g/mol. The van der Waals surface area contributed by atoms with Crippen molar-refractivity contribution in [2.24, 2.45) is 11.7 Å². The summed E-state index contributed by atoms with van der Waals surface area (Å²) in [6, 6.07) is 11.1. The van der Waals surface area contributed by atoms with Crippen molar-refractivity contribution in [3.63, 3.8) is 0 Å². The Morgan fingerprint density at radius 1 is 1.24 bits per heavy atom. The molecule has 96 valence electrons. The fourth-order valence-electron chi connectivity index (χ4n) is 2.09. The summed E-state index contributed by atoms with van der Waals surface area (Å²) in [6.07, 6.45) is 2.42. The van der Waals surface area contributed by atoms with E-state index in [0.717, 1.165) is 19.0 Å². The standard InChI is InChI=1S/C15H26N2/c1-4-13(2)10-15(11-16)17(3)12-14-8-6-5-7-9-14/h5-9,13,15H,4,10-12,16H2,1-3H3. The van der Waals surface area contributed by atoms with Crippen molar-refractivity contribution in [3.8, 4) is 0 Å². The van der Waals surface area contributed by atoms with E-state index in [1.807, 2.05) is 0 Å². The second-order valence-corrected chi connectivity index (χ2v) is 5.04. The zero-order valence-corrected chi connectivity index (χ0v) is 11.4. The van der Waals surface area contributed by atoms with Crippen LogP contribution < -0.4 is 5.73 Å². The third kappa shape index (κ3) is 4.88. The molecular formula is C15H26N2. The highest BCUT2D eigenvalue weighted by atomic mass is 15.1. The van der Waals surface area contributed by atoms with Crippen LogP contribution in [0.1, 0.15) is 32.3 Å². The number of nitrogens with two attached hydrogens (primary N) is 1. The highest BCUT2D eigenvalue weighted by Crippen LogP contribution is 2.15. The summed E-state index contributed by atoms with van der Waals surface area (Å²) in [7, 11) is 2.17. The molecule has 2 nitrogen and oxygen atoms in total. The highest BCUT2D eigenvalue weighted by molar-refractivity contribution is 5.14. The first-order chi connectivity index (χ1) is 8.17. The molecule has 0 aliphatic carbocycles. The lowest BCUT2D eigenvalue weighted by Gasteiger charge is -2.29. The minimum Gasteiger partial charge on any atom is -0.329 e. The average molecular weight is 234 g/mol. The van der Waals surface area contributed by atoms with Gasteiger partial charge in [-0.2, -0.15) is 0 Å². The van der Waals surface area contributed by atoms with E-state index in [-0.39, 0.29) is 0 Å². The molecule has 0 heterocycles. The molecule has 1 rings (SSSR count). The van der Waals surface area contributed by atoms with Gasteiger partial charge in [0.05, 0.1) is 0 Å². The molecule has 1 aromatic rings. The Kier molecular flexibility index (Phi) is 6.23. The van der Waals surface area contributed by atoms with E-state index in [2.05, 4.69) is 56.1 Å². The summed E-state index contributed by atoms with van der Waals surface area (Å²) >= 11 is 0. The summed E-state index contributed by atoms with van der Waals surface area (Å²) in [4.78, 5) is 2.38. The Morgan fingerprint density at radius 2 is 1.88 bits per heavy atom. The van der Waals surface area contributed by atoms with E-state index in [0.29, 0.717) is 6.04 Å². The molecule has 0 radical (unpaired) electrons. The van der Waals surface area contributed by atoms with Crippen LogP contribution in [-0.4, -0.2) is 24.5 Å². The van der Waals surface area contributed by atoms with E-state index in [4.69, 9.17) is 5.73 Å². The van der Waals surface area contributed by atoms with Crippen LogP contribution in [0.2, 0.25) is 0 Å². The predicted molar refractivity (Wildman–Crippen MR) is 74.8 cm³/mol. The molecule has 0 saturated carbocycles. The van der Waals surface area contributed by atoms with E-state index < -0.39 is 0 Å². The van der Waals surface area contributed by atoms with Gasteiger partial charge in [0.25, 0.3) is 0 Å². The summed E-state index contributed by atoms with van der Waals surface area (Å²) in [5, 5.41) is 0. The highest BCUT2D eigenvalue weighted by Gasteiger charge is 2.15. The summed E-state index contributed by atoms with van der Waals surface area (Å²) in [5.74, 6) is 0.752. The van der Waals surface area contributed by atoms with Gasteiger partial charge < -0.3 is 5.73 Å². The SMILES string of the molecule is CCC(C)CC(CN)N(C)Cc1ccccc1. The number of nitrogens with zero attached hydrogens (tertiary/aromatic N) is 1. The maximum absolute atomic E-state index is 5.89. The lowest BCUT2D eigenvalue weighted by Crippen LogP contribution is -2.38. The van der Waals surface area contributed by atoms with Crippen LogP contribution in [-0.2, 0) is 6.54 Å². The maximum Gasteiger partial charge on any atom is 0.0234 e. The van der Waals surface area contributed by atoms with Gasteiger partial charge in [-0.3, -0.25) is 4.90 Å². The molecule has 0 aliphatic heterocycles. The van der Waals surface area contributed by atoms with Crippen LogP contribution >= 0.6 is 0 Å². The smallest absolute Gasteiger partial charge is 0.0234 e. The lowest BCUT2D eigenvalue weighted by molar-refractivity contribution is 0.205. The normalized spacial score (nSPS) is 14.9. The molecule has 0 saturated heterocycles. The predicted octanol–water partition coefficient (Wildman–Crippen LogP) is 2.88. The molecule has 2 atom stereocenters. The molecule has 2 heteroatoms. The minimum absolute atomic E-state index is 0.491. The Morgan fingerprint density at radius 3 is 2.41 bits per heavy atom. The number of likely N-dealkylation sites (N-methyl/N-ethyl adjacent to an activating group) is 1. The molecule has 2 N–H and O–H groups in total. The topological polar surface area (TPSA) is 29.3 Å². The van der Waals surface area contributed by atoms with Crippen molar-refractivity contribution in [1.29, 1.82) is 0 Å². The molecule has 0 aromatic heterocycles.